The largest absolute Gasteiger partial charge is 0.314 e. The summed E-state index contributed by atoms with van der Waals surface area (Å²) in [5.74, 6) is 0.667. The number of hydrogen-bond donors (Lipinski definition) is 1. The van der Waals surface area contributed by atoms with E-state index >= 15 is 0 Å². The molecule has 1 N–H and O–H groups in total. The molecule has 1 atom stereocenters. The molecule has 18 heavy (non-hydrogen) atoms. The van der Waals surface area contributed by atoms with Crippen molar-refractivity contribution in [2.45, 2.75) is 47.1 Å². The van der Waals surface area contributed by atoms with Crippen LogP contribution in [0.3, 0.4) is 0 Å². The molecule has 1 aromatic rings. The van der Waals surface area contributed by atoms with Crippen LogP contribution in [-0.2, 0) is 6.42 Å². The number of halogens is 1. The fourth-order valence-corrected chi connectivity index (χ4v) is 2.33. The lowest BCUT2D eigenvalue weighted by Gasteiger charge is -2.32. The molecule has 0 radical (unpaired) electrons. The van der Waals surface area contributed by atoms with E-state index in [2.05, 4.69) is 86.8 Å². The Morgan fingerprint density at radius 3 is 2.11 bits per heavy atom. The van der Waals surface area contributed by atoms with E-state index in [1.54, 1.807) is 0 Å². The second-order valence-corrected chi connectivity index (χ2v) is 7.70. The van der Waals surface area contributed by atoms with Gasteiger partial charge in [0, 0.05) is 9.61 Å². The number of rotatable bonds is 5. The lowest BCUT2D eigenvalue weighted by Crippen LogP contribution is -2.36. The normalized spacial score (nSPS) is 13.9. The molecule has 1 rings (SSSR count). The van der Waals surface area contributed by atoms with Crippen molar-refractivity contribution in [3.8, 4) is 0 Å². The maximum Gasteiger partial charge on any atom is 0.0130 e. The standard InChI is InChI=1S/C16H26IN/c1-12(2)18-11-14(16(3,4)5)10-13-6-8-15(17)9-7-13/h6-9,12,14,18H,10-11H2,1-5H3. The Labute approximate surface area is 126 Å². The highest BCUT2D eigenvalue weighted by atomic mass is 127. The van der Waals surface area contributed by atoms with Gasteiger partial charge in [-0.3, -0.25) is 0 Å². The first-order valence-electron chi connectivity index (χ1n) is 6.77. The SMILES string of the molecule is CC(C)NCC(Cc1ccc(I)cc1)C(C)(C)C. The smallest absolute Gasteiger partial charge is 0.0130 e. The van der Waals surface area contributed by atoms with Gasteiger partial charge in [-0.2, -0.15) is 0 Å². The maximum atomic E-state index is 3.58. The van der Waals surface area contributed by atoms with Gasteiger partial charge in [-0.05, 0) is 64.6 Å². The van der Waals surface area contributed by atoms with Crippen LogP contribution in [0.1, 0.15) is 40.2 Å². The molecule has 0 aliphatic carbocycles. The van der Waals surface area contributed by atoms with E-state index in [9.17, 15) is 0 Å². The van der Waals surface area contributed by atoms with E-state index in [1.807, 2.05) is 0 Å². The van der Waals surface area contributed by atoms with Gasteiger partial charge in [0.1, 0.15) is 0 Å². The summed E-state index contributed by atoms with van der Waals surface area (Å²) in [5.41, 5.74) is 1.78. The van der Waals surface area contributed by atoms with Gasteiger partial charge in [0.15, 0.2) is 0 Å². The molecule has 0 bridgehead atoms. The van der Waals surface area contributed by atoms with Crippen molar-refractivity contribution in [1.29, 1.82) is 0 Å². The predicted molar refractivity (Wildman–Crippen MR) is 88.9 cm³/mol. The van der Waals surface area contributed by atoms with Crippen LogP contribution in [-0.4, -0.2) is 12.6 Å². The van der Waals surface area contributed by atoms with Crippen LogP contribution in [0.5, 0.6) is 0 Å². The highest BCUT2D eigenvalue weighted by Gasteiger charge is 2.24. The number of benzene rings is 1. The van der Waals surface area contributed by atoms with Crippen LogP contribution in [0.25, 0.3) is 0 Å². The zero-order valence-corrected chi connectivity index (χ0v) is 14.4. The van der Waals surface area contributed by atoms with Crippen LogP contribution in [0, 0.1) is 14.9 Å². The fraction of sp³-hybridized carbons (Fsp3) is 0.625. The Morgan fingerprint density at radius 1 is 1.11 bits per heavy atom. The summed E-state index contributed by atoms with van der Waals surface area (Å²) in [6.45, 7) is 12.5. The molecule has 0 saturated heterocycles. The molecule has 0 spiro atoms. The van der Waals surface area contributed by atoms with Gasteiger partial charge >= 0.3 is 0 Å². The minimum Gasteiger partial charge on any atom is -0.314 e. The van der Waals surface area contributed by atoms with Crippen molar-refractivity contribution in [3.05, 3.63) is 33.4 Å². The Morgan fingerprint density at radius 2 is 1.67 bits per heavy atom. The van der Waals surface area contributed by atoms with Crippen molar-refractivity contribution in [2.24, 2.45) is 11.3 Å². The first kappa shape index (κ1) is 16.0. The van der Waals surface area contributed by atoms with Gasteiger partial charge in [0.05, 0.1) is 0 Å². The molecule has 0 saturated carbocycles. The first-order valence-corrected chi connectivity index (χ1v) is 7.84. The molecule has 0 heterocycles. The third kappa shape index (κ3) is 5.70. The lowest BCUT2D eigenvalue weighted by molar-refractivity contribution is 0.226. The summed E-state index contributed by atoms with van der Waals surface area (Å²) in [6, 6.07) is 9.48. The van der Waals surface area contributed by atoms with Crippen LogP contribution in [0.4, 0.5) is 0 Å². The predicted octanol–water partition coefficient (Wildman–Crippen LogP) is 4.49. The Hall–Kier alpha value is -0.0900. The average Bonchev–Trinajstić information content (AvgIpc) is 2.24. The summed E-state index contributed by atoms with van der Waals surface area (Å²) in [7, 11) is 0. The molecule has 0 amide bonds. The molecular formula is C16H26IN. The van der Waals surface area contributed by atoms with Gasteiger partial charge in [0.2, 0.25) is 0 Å². The highest BCUT2D eigenvalue weighted by molar-refractivity contribution is 14.1. The third-order valence-electron chi connectivity index (χ3n) is 3.39. The van der Waals surface area contributed by atoms with Crippen LogP contribution < -0.4 is 5.32 Å². The second-order valence-electron chi connectivity index (χ2n) is 6.46. The van der Waals surface area contributed by atoms with E-state index in [0.29, 0.717) is 17.4 Å². The van der Waals surface area contributed by atoms with Gasteiger partial charge in [-0.25, -0.2) is 0 Å². The summed E-state index contributed by atoms with van der Waals surface area (Å²) >= 11 is 2.36. The topological polar surface area (TPSA) is 12.0 Å². The van der Waals surface area contributed by atoms with E-state index in [0.717, 1.165) is 13.0 Å². The van der Waals surface area contributed by atoms with E-state index in [1.165, 1.54) is 9.13 Å². The molecule has 0 aromatic heterocycles. The molecular weight excluding hydrogens is 333 g/mol. The van der Waals surface area contributed by atoms with Gasteiger partial charge in [0.25, 0.3) is 0 Å². The van der Waals surface area contributed by atoms with Crippen LogP contribution in [0.2, 0.25) is 0 Å². The van der Waals surface area contributed by atoms with Crippen molar-refractivity contribution in [3.63, 3.8) is 0 Å². The van der Waals surface area contributed by atoms with E-state index < -0.39 is 0 Å². The van der Waals surface area contributed by atoms with Crippen molar-refractivity contribution in [1.82, 2.24) is 5.32 Å². The zero-order chi connectivity index (χ0) is 13.8. The Bertz CT molecular complexity index is 348. The van der Waals surface area contributed by atoms with Gasteiger partial charge < -0.3 is 5.32 Å². The van der Waals surface area contributed by atoms with Gasteiger partial charge in [-0.15, -0.1) is 0 Å². The second kappa shape index (κ2) is 6.90. The van der Waals surface area contributed by atoms with Crippen LogP contribution in [0.15, 0.2) is 24.3 Å². The molecule has 0 fully saturated rings. The number of hydrogen-bond acceptors (Lipinski definition) is 1. The summed E-state index contributed by atoms with van der Waals surface area (Å²) < 4.78 is 1.31. The van der Waals surface area contributed by atoms with E-state index in [4.69, 9.17) is 0 Å². The average molecular weight is 359 g/mol. The summed E-state index contributed by atoms with van der Waals surface area (Å²) in [4.78, 5) is 0. The minimum atomic E-state index is 0.338. The molecule has 102 valence electrons. The molecule has 2 heteroatoms. The molecule has 1 aromatic carbocycles. The van der Waals surface area contributed by atoms with Crippen molar-refractivity contribution in [2.75, 3.05) is 6.54 Å². The Kier molecular flexibility index (Phi) is 6.12. The molecule has 0 aliphatic rings. The summed E-state index contributed by atoms with van der Waals surface area (Å²) in [5, 5.41) is 3.58. The monoisotopic (exact) mass is 359 g/mol. The highest BCUT2D eigenvalue weighted by Crippen LogP contribution is 2.28. The van der Waals surface area contributed by atoms with Crippen molar-refractivity contribution < 1.29 is 0 Å². The lowest BCUT2D eigenvalue weighted by atomic mass is 9.77. The zero-order valence-electron chi connectivity index (χ0n) is 12.3. The quantitative estimate of drug-likeness (QED) is 0.764. The van der Waals surface area contributed by atoms with Crippen LogP contribution >= 0.6 is 22.6 Å². The van der Waals surface area contributed by atoms with Crippen molar-refractivity contribution >= 4 is 22.6 Å². The summed E-state index contributed by atoms with van der Waals surface area (Å²) in [6.07, 6.45) is 1.15. The van der Waals surface area contributed by atoms with Gasteiger partial charge in [-0.1, -0.05) is 46.8 Å². The number of nitrogens with one attached hydrogen (secondary N) is 1. The first-order chi connectivity index (χ1) is 8.29. The maximum absolute atomic E-state index is 3.58. The third-order valence-corrected chi connectivity index (χ3v) is 4.11. The Balaban J connectivity index is 2.69. The fourth-order valence-electron chi connectivity index (χ4n) is 1.97. The van der Waals surface area contributed by atoms with E-state index in [-0.39, 0.29) is 0 Å². The molecule has 1 nitrogen and oxygen atoms in total. The molecule has 0 aliphatic heterocycles. The minimum absolute atomic E-state index is 0.338. The molecule has 1 unspecified atom stereocenters.